The topological polar surface area (TPSA) is 37.3 Å². The molecular weight excluding hydrogens is 200 g/mol. The van der Waals surface area contributed by atoms with Gasteiger partial charge in [-0.2, -0.15) is 0 Å². The van der Waals surface area contributed by atoms with Crippen molar-refractivity contribution >= 4 is 5.97 Å². The summed E-state index contributed by atoms with van der Waals surface area (Å²) >= 11 is 0. The molecular formula is C14H26O2. The van der Waals surface area contributed by atoms with E-state index in [-0.39, 0.29) is 11.3 Å². The first kappa shape index (κ1) is 13.5. The molecule has 0 bridgehead atoms. The molecule has 94 valence electrons. The van der Waals surface area contributed by atoms with Gasteiger partial charge in [-0.1, -0.05) is 41.0 Å². The van der Waals surface area contributed by atoms with Gasteiger partial charge in [-0.25, -0.2) is 0 Å². The summed E-state index contributed by atoms with van der Waals surface area (Å²) in [4.78, 5) is 11.4. The summed E-state index contributed by atoms with van der Waals surface area (Å²) in [7, 11) is 0. The summed E-state index contributed by atoms with van der Waals surface area (Å²) < 4.78 is 0. The summed E-state index contributed by atoms with van der Waals surface area (Å²) in [6.45, 7) is 10.7. The monoisotopic (exact) mass is 226 g/mol. The lowest BCUT2D eigenvalue weighted by molar-refractivity contribution is -0.149. The standard InChI is InChI=1S/C14H26O2/c1-9-6-7-11(8-10(9)2)12(13(15)16)14(3,4)5/h9-12H,6-8H2,1-5H3,(H,15,16). The first-order valence-corrected chi connectivity index (χ1v) is 6.46. The average Bonchev–Trinajstić information content (AvgIpc) is 2.08. The molecule has 1 fully saturated rings. The highest BCUT2D eigenvalue weighted by molar-refractivity contribution is 5.71. The van der Waals surface area contributed by atoms with Crippen molar-refractivity contribution in [1.29, 1.82) is 0 Å². The van der Waals surface area contributed by atoms with E-state index in [9.17, 15) is 9.90 Å². The molecule has 1 N–H and O–H groups in total. The molecule has 4 atom stereocenters. The molecule has 2 heteroatoms. The van der Waals surface area contributed by atoms with Gasteiger partial charge in [0.25, 0.3) is 0 Å². The normalized spacial score (nSPS) is 33.4. The molecule has 1 rings (SSSR count). The molecule has 0 heterocycles. The van der Waals surface area contributed by atoms with E-state index >= 15 is 0 Å². The van der Waals surface area contributed by atoms with E-state index < -0.39 is 5.97 Å². The first-order chi connectivity index (χ1) is 7.23. The van der Waals surface area contributed by atoms with Crippen LogP contribution in [0, 0.1) is 29.1 Å². The molecule has 1 aliphatic rings. The Morgan fingerprint density at radius 1 is 1.19 bits per heavy atom. The highest BCUT2D eigenvalue weighted by Crippen LogP contribution is 2.43. The number of rotatable bonds is 2. The third-order valence-corrected chi connectivity index (χ3v) is 4.31. The van der Waals surface area contributed by atoms with E-state index in [2.05, 4.69) is 34.6 Å². The summed E-state index contributed by atoms with van der Waals surface area (Å²) in [5.74, 6) is 0.985. The van der Waals surface area contributed by atoms with Crippen molar-refractivity contribution in [2.75, 3.05) is 0 Å². The Hall–Kier alpha value is -0.530. The maximum Gasteiger partial charge on any atom is 0.307 e. The molecule has 0 spiro atoms. The Bertz CT molecular complexity index is 252. The van der Waals surface area contributed by atoms with Crippen LogP contribution in [0.15, 0.2) is 0 Å². The van der Waals surface area contributed by atoms with Crippen LogP contribution in [0.4, 0.5) is 0 Å². The Balaban J connectivity index is 2.78. The van der Waals surface area contributed by atoms with Crippen molar-refractivity contribution in [3.8, 4) is 0 Å². The molecule has 0 saturated heterocycles. The van der Waals surface area contributed by atoms with Gasteiger partial charge in [0.05, 0.1) is 5.92 Å². The SMILES string of the molecule is CC1CCC(C(C(=O)O)C(C)(C)C)CC1C. The van der Waals surface area contributed by atoms with Gasteiger partial charge >= 0.3 is 5.97 Å². The molecule has 0 amide bonds. The van der Waals surface area contributed by atoms with Crippen LogP contribution < -0.4 is 0 Å². The van der Waals surface area contributed by atoms with Crippen LogP contribution in [0.1, 0.15) is 53.9 Å². The third kappa shape index (κ3) is 2.99. The highest BCUT2D eigenvalue weighted by Gasteiger charge is 2.40. The fraction of sp³-hybridized carbons (Fsp3) is 0.929. The van der Waals surface area contributed by atoms with Crippen molar-refractivity contribution in [1.82, 2.24) is 0 Å². The predicted molar refractivity (Wildman–Crippen MR) is 66.2 cm³/mol. The molecule has 0 aliphatic heterocycles. The fourth-order valence-electron chi connectivity index (χ4n) is 3.17. The molecule has 1 aliphatic carbocycles. The lowest BCUT2D eigenvalue weighted by atomic mass is 9.64. The largest absolute Gasteiger partial charge is 0.481 e. The second-order valence-corrected chi connectivity index (χ2v) is 6.71. The van der Waals surface area contributed by atoms with Crippen LogP contribution in [0.2, 0.25) is 0 Å². The van der Waals surface area contributed by atoms with Crippen molar-refractivity contribution in [2.45, 2.75) is 53.9 Å². The van der Waals surface area contributed by atoms with Gasteiger partial charge < -0.3 is 5.11 Å². The molecule has 0 aromatic heterocycles. The minimum atomic E-state index is -0.612. The van der Waals surface area contributed by atoms with Gasteiger partial charge in [0, 0.05) is 0 Å². The number of carboxylic acid groups (broad SMARTS) is 1. The van der Waals surface area contributed by atoms with Gasteiger partial charge in [-0.05, 0) is 36.0 Å². The maximum absolute atomic E-state index is 11.4. The van der Waals surface area contributed by atoms with Crippen LogP contribution in [-0.4, -0.2) is 11.1 Å². The highest BCUT2D eigenvalue weighted by atomic mass is 16.4. The molecule has 0 aromatic rings. The predicted octanol–water partition coefficient (Wildman–Crippen LogP) is 3.81. The Morgan fingerprint density at radius 3 is 2.12 bits per heavy atom. The maximum atomic E-state index is 11.4. The fourth-order valence-corrected chi connectivity index (χ4v) is 3.17. The molecule has 2 nitrogen and oxygen atoms in total. The molecule has 1 saturated carbocycles. The Labute approximate surface area is 99.4 Å². The van der Waals surface area contributed by atoms with E-state index in [0.29, 0.717) is 11.8 Å². The van der Waals surface area contributed by atoms with E-state index in [1.807, 2.05) is 0 Å². The van der Waals surface area contributed by atoms with E-state index in [0.717, 1.165) is 18.8 Å². The quantitative estimate of drug-likeness (QED) is 0.777. The molecule has 0 aromatic carbocycles. The second-order valence-electron chi connectivity index (χ2n) is 6.71. The lowest BCUT2D eigenvalue weighted by Gasteiger charge is -2.40. The zero-order valence-corrected chi connectivity index (χ0v) is 11.3. The zero-order chi connectivity index (χ0) is 12.5. The van der Waals surface area contributed by atoms with Crippen molar-refractivity contribution in [3.05, 3.63) is 0 Å². The zero-order valence-electron chi connectivity index (χ0n) is 11.3. The number of hydrogen-bond donors (Lipinski definition) is 1. The summed E-state index contributed by atoms with van der Waals surface area (Å²) in [5, 5.41) is 9.41. The number of aliphatic carboxylic acids is 1. The van der Waals surface area contributed by atoms with Crippen molar-refractivity contribution < 1.29 is 9.90 Å². The third-order valence-electron chi connectivity index (χ3n) is 4.31. The van der Waals surface area contributed by atoms with Gasteiger partial charge in [0.15, 0.2) is 0 Å². The summed E-state index contributed by atoms with van der Waals surface area (Å²) in [6, 6.07) is 0. The van der Waals surface area contributed by atoms with Gasteiger partial charge in [-0.3, -0.25) is 4.79 Å². The number of carboxylic acids is 1. The van der Waals surface area contributed by atoms with Gasteiger partial charge in [0.2, 0.25) is 0 Å². The number of hydrogen-bond acceptors (Lipinski definition) is 1. The summed E-state index contributed by atoms with van der Waals surface area (Å²) in [5.41, 5.74) is -0.128. The Morgan fingerprint density at radius 2 is 1.75 bits per heavy atom. The Kier molecular flexibility index (Phi) is 4.03. The number of carbonyl (C=O) groups is 1. The minimum Gasteiger partial charge on any atom is -0.481 e. The van der Waals surface area contributed by atoms with Crippen molar-refractivity contribution in [3.63, 3.8) is 0 Å². The molecule has 16 heavy (non-hydrogen) atoms. The first-order valence-electron chi connectivity index (χ1n) is 6.46. The van der Waals surface area contributed by atoms with Gasteiger partial charge in [-0.15, -0.1) is 0 Å². The van der Waals surface area contributed by atoms with E-state index in [4.69, 9.17) is 0 Å². The average molecular weight is 226 g/mol. The summed E-state index contributed by atoms with van der Waals surface area (Å²) in [6.07, 6.45) is 3.35. The van der Waals surface area contributed by atoms with Crippen LogP contribution in [0.25, 0.3) is 0 Å². The lowest BCUT2D eigenvalue weighted by Crippen LogP contribution is -2.38. The van der Waals surface area contributed by atoms with Crippen LogP contribution >= 0.6 is 0 Å². The van der Waals surface area contributed by atoms with Crippen LogP contribution in [0.3, 0.4) is 0 Å². The smallest absolute Gasteiger partial charge is 0.307 e. The van der Waals surface area contributed by atoms with Crippen LogP contribution in [-0.2, 0) is 4.79 Å². The minimum absolute atomic E-state index is 0.128. The van der Waals surface area contributed by atoms with Crippen LogP contribution in [0.5, 0.6) is 0 Å². The van der Waals surface area contributed by atoms with E-state index in [1.165, 1.54) is 6.42 Å². The molecule has 4 unspecified atom stereocenters. The van der Waals surface area contributed by atoms with E-state index in [1.54, 1.807) is 0 Å². The van der Waals surface area contributed by atoms with Crippen molar-refractivity contribution in [2.24, 2.45) is 29.1 Å². The molecule has 0 radical (unpaired) electrons. The van der Waals surface area contributed by atoms with Gasteiger partial charge in [0.1, 0.15) is 0 Å². The second kappa shape index (κ2) is 4.77.